The van der Waals surface area contributed by atoms with Gasteiger partial charge in [-0.05, 0) is 62.4 Å². The Bertz CT molecular complexity index is 402. The Morgan fingerprint density at radius 2 is 2.16 bits per heavy atom. The summed E-state index contributed by atoms with van der Waals surface area (Å²) in [6.07, 6.45) is 6.21. The third-order valence-corrected chi connectivity index (χ3v) is 3.87. The Labute approximate surface area is 117 Å². The third-order valence-electron chi connectivity index (χ3n) is 3.87. The van der Waals surface area contributed by atoms with E-state index in [-0.39, 0.29) is 0 Å². The lowest BCUT2D eigenvalue weighted by Crippen LogP contribution is -2.19. The first-order chi connectivity index (χ1) is 9.24. The van der Waals surface area contributed by atoms with Gasteiger partial charge < -0.3 is 10.1 Å². The number of fused-ring (bicyclic) bond motifs is 1. The van der Waals surface area contributed by atoms with Crippen molar-refractivity contribution in [2.75, 3.05) is 6.54 Å². The summed E-state index contributed by atoms with van der Waals surface area (Å²) in [5, 5.41) is 3.63. The van der Waals surface area contributed by atoms with Crippen LogP contribution in [0.5, 0.6) is 5.75 Å². The fraction of sp³-hybridized carbons (Fsp3) is 0.647. The van der Waals surface area contributed by atoms with Crippen LogP contribution in [0.3, 0.4) is 0 Å². The molecule has 1 aliphatic rings. The number of benzene rings is 1. The van der Waals surface area contributed by atoms with Gasteiger partial charge >= 0.3 is 0 Å². The molecule has 0 spiro atoms. The van der Waals surface area contributed by atoms with Crippen molar-refractivity contribution in [2.24, 2.45) is 0 Å². The highest BCUT2D eigenvalue weighted by molar-refractivity contribution is 5.40. The molecule has 2 rings (SSSR count). The predicted molar refractivity (Wildman–Crippen MR) is 80.8 cm³/mol. The molecule has 0 aliphatic heterocycles. The van der Waals surface area contributed by atoms with E-state index in [0.29, 0.717) is 12.1 Å². The summed E-state index contributed by atoms with van der Waals surface area (Å²) >= 11 is 0. The maximum Gasteiger partial charge on any atom is 0.119 e. The molecule has 2 nitrogen and oxygen atoms in total. The molecule has 2 atom stereocenters. The summed E-state index contributed by atoms with van der Waals surface area (Å²) in [6.45, 7) is 7.68. The van der Waals surface area contributed by atoms with E-state index in [0.717, 1.165) is 18.7 Å². The lowest BCUT2D eigenvalue weighted by atomic mass is 10.1. The van der Waals surface area contributed by atoms with Gasteiger partial charge in [-0.3, -0.25) is 0 Å². The van der Waals surface area contributed by atoms with Crippen LogP contribution in [0.25, 0.3) is 0 Å². The van der Waals surface area contributed by atoms with Gasteiger partial charge in [-0.15, -0.1) is 0 Å². The van der Waals surface area contributed by atoms with Crippen LogP contribution in [0.1, 0.15) is 63.6 Å². The zero-order valence-electron chi connectivity index (χ0n) is 12.5. The molecule has 1 aliphatic carbocycles. The molecule has 19 heavy (non-hydrogen) atoms. The maximum absolute atomic E-state index is 5.98. The summed E-state index contributed by atoms with van der Waals surface area (Å²) in [7, 11) is 0. The van der Waals surface area contributed by atoms with E-state index >= 15 is 0 Å². The Balaban J connectivity index is 2.00. The zero-order chi connectivity index (χ0) is 13.7. The van der Waals surface area contributed by atoms with Gasteiger partial charge in [-0.1, -0.05) is 26.3 Å². The number of rotatable bonds is 7. The average molecular weight is 261 g/mol. The molecule has 0 saturated heterocycles. The molecule has 0 amide bonds. The second-order valence-electron chi connectivity index (χ2n) is 5.62. The van der Waals surface area contributed by atoms with Crippen molar-refractivity contribution in [1.29, 1.82) is 0 Å². The minimum Gasteiger partial charge on any atom is -0.491 e. The largest absolute Gasteiger partial charge is 0.491 e. The van der Waals surface area contributed by atoms with Crippen molar-refractivity contribution in [3.8, 4) is 5.75 Å². The lowest BCUT2D eigenvalue weighted by Gasteiger charge is -2.16. The summed E-state index contributed by atoms with van der Waals surface area (Å²) in [6, 6.07) is 7.19. The molecule has 0 heterocycles. The van der Waals surface area contributed by atoms with Crippen LogP contribution in [0.4, 0.5) is 0 Å². The fourth-order valence-corrected chi connectivity index (χ4v) is 2.90. The average Bonchev–Trinajstić information content (AvgIpc) is 2.79. The SMILES string of the molecule is CCCNC1CCc2cc(OC(C)CCC)ccc21. The predicted octanol–water partition coefficient (Wildman–Crippen LogP) is 4.24. The highest BCUT2D eigenvalue weighted by Crippen LogP contribution is 2.33. The molecule has 1 aromatic carbocycles. The highest BCUT2D eigenvalue weighted by atomic mass is 16.5. The minimum absolute atomic E-state index is 0.318. The first-order valence-corrected chi connectivity index (χ1v) is 7.77. The summed E-state index contributed by atoms with van der Waals surface area (Å²) < 4.78 is 5.98. The molecular weight excluding hydrogens is 234 g/mol. The van der Waals surface area contributed by atoms with E-state index in [1.165, 1.54) is 36.8 Å². The van der Waals surface area contributed by atoms with Gasteiger partial charge in [0.15, 0.2) is 0 Å². The molecule has 0 saturated carbocycles. The molecular formula is C17H27NO. The van der Waals surface area contributed by atoms with Gasteiger partial charge in [0, 0.05) is 6.04 Å². The number of ether oxygens (including phenoxy) is 1. The van der Waals surface area contributed by atoms with Crippen molar-refractivity contribution in [3.63, 3.8) is 0 Å². The quantitative estimate of drug-likeness (QED) is 0.792. The Hall–Kier alpha value is -1.02. The topological polar surface area (TPSA) is 21.3 Å². The van der Waals surface area contributed by atoms with Gasteiger partial charge in [0.2, 0.25) is 0 Å². The molecule has 0 bridgehead atoms. The van der Waals surface area contributed by atoms with Crippen molar-refractivity contribution in [3.05, 3.63) is 29.3 Å². The van der Waals surface area contributed by atoms with Crippen LogP contribution in [0.2, 0.25) is 0 Å². The molecule has 0 fully saturated rings. The van der Waals surface area contributed by atoms with Crippen molar-refractivity contribution in [1.82, 2.24) is 5.32 Å². The number of nitrogens with one attached hydrogen (secondary N) is 1. The van der Waals surface area contributed by atoms with Gasteiger partial charge in [0.25, 0.3) is 0 Å². The van der Waals surface area contributed by atoms with Crippen LogP contribution >= 0.6 is 0 Å². The number of aryl methyl sites for hydroxylation is 1. The molecule has 0 aromatic heterocycles. The molecule has 2 heteroatoms. The van der Waals surface area contributed by atoms with Gasteiger partial charge in [-0.2, -0.15) is 0 Å². The molecule has 2 unspecified atom stereocenters. The van der Waals surface area contributed by atoms with Crippen LogP contribution < -0.4 is 10.1 Å². The van der Waals surface area contributed by atoms with Gasteiger partial charge in [0.05, 0.1) is 6.10 Å². The van der Waals surface area contributed by atoms with E-state index in [1.807, 2.05) is 0 Å². The van der Waals surface area contributed by atoms with Crippen LogP contribution in [-0.4, -0.2) is 12.6 Å². The monoisotopic (exact) mass is 261 g/mol. The van der Waals surface area contributed by atoms with E-state index in [2.05, 4.69) is 44.3 Å². The lowest BCUT2D eigenvalue weighted by molar-refractivity contribution is 0.210. The van der Waals surface area contributed by atoms with E-state index in [4.69, 9.17) is 4.74 Å². The van der Waals surface area contributed by atoms with E-state index in [9.17, 15) is 0 Å². The highest BCUT2D eigenvalue weighted by Gasteiger charge is 2.22. The third kappa shape index (κ3) is 3.73. The van der Waals surface area contributed by atoms with Crippen LogP contribution in [-0.2, 0) is 6.42 Å². The zero-order valence-corrected chi connectivity index (χ0v) is 12.5. The summed E-state index contributed by atoms with van der Waals surface area (Å²) in [5.41, 5.74) is 2.94. The normalized spacial score (nSPS) is 19.2. The molecule has 0 radical (unpaired) electrons. The minimum atomic E-state index is 0.318. The fourth-order valence-electron chi connectivity index (χ4n) is 2.90. The first-order valence-electron chi connectivity index (χ1n) is 7.77. The molecule has 1 aromatic rings. The van der Waals surface area contributed by atoms with E-state index in [1.54, 1.807) is 0 Å². The maximum atomic E-state index is 5.98. The first kappa shape index (κ1) is 14.4. The molecule has 1 N–H and O–H groups in total. The van der Waals surface area contributed by atoms with Gasteiger partial charge in [0.1, 0.15) is 5.75 Å². The number of hydrogen-bond acceptors (Lipinski definition) is 2. The summed E-state index contributed by atoms with van der Waals surface area (Å²) in [4.78, 5) is 0. The smallest absolute Gasteiger partial charge is 0.119 e. The van der Waals surface area contributed by atoms with Crippen molar-refractivity contribution >= 4 is 0 Å². The standard InChI is InChI=1S/C17H27NO/c1-4-6-13(3)19-15-8-9-16-14(12-15)7-10-17(16)18-11-5-2/h8-9,12-13,17-18H,4-7,10-11H2,1-3H3. The van der Waals surface area contributed by atoms with Gasteiger partial charge in [-0.25, -0.2) is 0 Å². The second-order valence-corrected chi connectivity index (χ2v) is 5.62. The van der Waals surface area contributed by atoms with Crippen molar-refractivity contribution < 1.29 is 4.74 Å². The second kappa shape index (κ2) is 6.95. The van der Waals surface area contributed by atoms with Crippen LogP contribution in [0.15, 0.2) is 18.2 Å². The summed E-state index contributed by atoms with van der Waals surface area (Å²) in [5.74, 6) is 1.04. The number of hydrogen-bond donors (Lipinski definition) is 1. The Morgan fingerprint density at radius 3 is 2.89 bits per heavy atom. The Morgan fingerprint density at radius 1 is 1.32 bits per heavy atom. The van der Waals surface area contributed by atoms with Crippen LogP contribution in [0, 0.1) is 0 Å². The molecule has 106 valence electrons. The Kier molecular flexibility index (Phi) is 5.26. The van der Waals surface area contributed by atoms with E-state index < -0.39 is 0 Å². The van der Waals surface area contributed by atoms with Crippen molar-refractivity contribution in [2.45, 2.75) is 65.0 Å².